The highest BCUT2D eigenvalue weighted by molar-refractivity contribution is 5.87. The van der Waals surface area contributed by atoms with Crippen LogP contribution in [0.3, 0.4) is 0 Å². The molecule has 0 aliphatic carbocycles. The molecule has 5 nitrogen and oxygen atoms in total. The lowest BCUT2D eigenvalue weighted by Gasteiger charge is -2.09. The SMILES string of the molecule is O=C(O)c1cccn(Cc2ccnc3ccccc23)c1=O. The summed E-state index contributed by atoms with van der Waals surface area (Å²) in [7, 11) is 0. The van der Waals surface area contributed by atoms with Gasteiger partial charge in [0.05, 0.1) is 12.1 Å². The van der Waals surface area contributed by atoms with Gasteiger partial charge >= 0.3 is 5.97 Å². The molecule has 2 aromatic heterocycles. The van der Waals surface area contributed by atoms with Gasteiger partial charge in [0.15, 0.2) is 0 Å². The lowest BCUT2D eigenvalue weighted by atomic mass is 10.1. The lowest BCUT2D eigenvalue weighted by Crippen LogP contribution is -2.26. The van der Waals surface area contributed by atoms with Crippen molar-refractivity contribution in [2.24, 2.45) is 0 Å². The molecular weight excluding hydrogens is 268 g/mol. The van der Waals surface area contributed by atoms with E-state index in [4.69, 9.17) is 5.11 Å². The van der Waals surface area contributed by atoms with E-state index in [1.165, 1.54) is 10.6 Å². The quantitative estimate of drug-likeness (QED) is 0.797. The fraction of sp³-hybridized carbons (Fsp3) is 0.0625. The second-order valence-electron chi connectivity index (χ2n) is 4.65. The van der Waals surface area contributed by atoms with E-state index in [1.807, 2.05) is 30.3 Å². The molecule has 104 valence electrons. The first-order valence-electron chi connectivity index (χ1n) is 6.42. The van der Waals surface area contributed by atoms with Crippen molar-refractivity contribution in [1.82, 2.24) is 9.55 Å². The van der Waals surface area contributed by atoms with Crippen LogP contribution in [0, 0.1) is 0 Å². The van der Waals surface area contributed by atoms with E-state index in [2.05, 4.69) is 4.98 Å². The Morgan fingerprint density at radius 1 is 1.14 bits per heavy atom. The molecule has 0 saturated carbocycles. The molecule has 0 bridgehead atoms. The van der Waals surface area contributed by atoms with Crippen LogP contribution < -0.4 is 5.56 Å². The van der Waals surface area contributed by atoms with Gasteiger partial charge in [0.2, 0.25) is 0 Å². The van der Waals surface area contributed by atoms with Crippen LogP contribution in [0.1, 0.15) is 15.9 Å². The van der Waals surface area contributed by atoms with E-state index in [1.54, 1.807) is 18.5 Å². The highest BCUT2D eigenvalue weighted by Crippen LogP contribution is 2.16. The summed E-state index contributed by atoms with van der Waals surface area (Å²) in [6, 6.07) is 12.3. The Morgan fingerprint density at radius 3 is 2.76 bits per heavy atom. The van der Waals surface area contributed by atoms with Crippen molar-refractivity contribution < 1.29 is 9.90 Å². The molecule has 1 aromatic carbocycles. The van der Waals surface area contributed by atoms with Gasteiger partial charge in [-0.25, -0.2) is 4.79 Å². The number of fused-ring (bicyclic) bond motifs is 1. The zero-order chi connectivity index (χ0) is 14.8. The Balaban J connectivity index is 2.10. The van der Waals surface area contributed by atoms with Crippen LogP contribution in [0.4, 0.5) is 0 Å². The van der Waals surface area contributed by atoms with E-state index in [-0.39, 0.29) is 5.56 Å². The number of nitrogens with zero attached hydrogens (tertiary/aromatic N) is 2. The molecule has 21 heavy (non-hydrogen) atoms. The summed E-state index contributed by atoms with van der Waals surface area (Å²) in [4.78, 5) is 27.4. The first-order valence-corrected chi connectivity index (χ1v) is 6.42. The molecular formula is C16H12N2O3. The molecule has 3 aromatic rings. The van der Waals surface area contributed by atoms with Crippen molar-refractivity contribution in [3.63, 3.8) is 0 Å². The average Bonchev–Trinajstić information content (AvgIpc) is 2.49. The molecule has 0 aliphatic rings. The van der Waals surface area contributed by atoms with Crippen LogP contribution in [0.25, 0.3) is 10.9 Å². The number of aromatic nitrogens is 2. The number of para-hydroxylation sites is 1. The molecule has 0 aliphatic heterocycles. The maximum atomic E-state index is 12.1. The summed E-state index contributed by atoms with van der Waals surface area (Å²) in [5.41, 5.74) is 1.03. The Morgan fingerprint density at radius 2 is 1.95 bits per heavy atom. The summed E-state index contributed by atoms with van der Waals surface area (Å²) in [5.74, 6) is -1.21. The predicted octanol–water partition coefficient (Wildman–Crippen LogP) is 2.14. The number of aromatic carboxylic acids is 1. The molecule has 0 unspecified atom stereocenters. The van der Waals surface area contributed by atoms with E-state index in [9.17, 15) is 9.59 Å². The predicted molar refractivity (Wildman–Crippen MR) is 78.5 cm³/mol. The first kappa shape index (κ1) is 13.1. The maximum Gasteiger partial charge on any atom is 0.341 e. The maximum absolute atomic E-state index is 12.1. The van der Waals surface area contributed by atoms with Gasteiger partial charge in [-0.2, -0.15) is 0 Å². The fourth-order valence-electron chi connectivity index (χ4n) is 2.30. The number of rotatable bonds is 3. The van der Waals surface area contributed by atoms with Gasteiger partial charge in [-0.1, -0.05) is 18.2 Å². The minimum absolute atomic E-state index is 0.226. The largest absolute Gasteiger partial charge is 0.477 e. The zero-order valence-electron chi connectivity index (χ0n) is 11.1. The van der Waals surface area contributed by atoms with Gasteiger partial charge in [0.1, 0.15) is 5.56 Å². The summed E-state index contributed by atoms with van der Waals surface area (Å²) in [5, 5.41) is 9.96. The second-order valence-corrected chi connectivity index (χ2v) is 4.65. The van der Waals surface area contributed by atoms with Crippen LogP contribution in [0.2, 0.25) is 0 Å². The highest BCUT2D eigenvalue weighted by atomic mass is 16.4. The third-order valence-corrected chi connectivity index (χ3v) is 3.33. The third-order valence-electron chi connectivity index (χ3n) is 3.33. The highest BCUT2D eigenvalue weighted by Gasteiger charge is 2.11. The van der Waals surface area contributed by atoms with Crippen LogP contribution in [0.15, 0.2) is 59.7 Å². The van der Waals surface area contributed by atoms with E-state index >= 15 is 0 Å². The number of hydrogen-bond donors (Lipinski definition) is 1. The number of carboxylic acid groups (broad SMARTS) is 1. The number of carboxylic acids is 1. The third kappa shape index (κ3) is 2.41. The molecule has 0 amide bonds. The Bertz CT molecular complexity index is 879. The molecule has 0 saturated heterocycles. The van der Waals surface area contributed by atoms with Crippen LogP contribution in [-0.2, 0) is 6.54 Å². The van der Waals surface area contributed by atoms with E-state index in [0.29, 0.717) is 6.54 Å². The molecule has 0 fully saturated rings. The molecule has 1 N–H and O–H groups in total. The summed E-state index contributed by atoms with van der Waals surface area (Å²) < 4.78 is 1.39. The minimum Gasteiger partial charge on any atom is -0.477 e. The Kier molecular flexibility index (Phi) is 3.23. The van der Waals surface area contributed by atoms with Gasteiger partial charge in [0, 0.05) is 17.8 Å². The molecule has 2 heterocycles. The normalized spacial score (nSPS) is 10.7. The average molecular weight is 280 g/mol. The molecule has 0 atom stereocenters. The van der Waals surface area contributed by atoms with Gasteiger partial charge < -0.3 is 9.67 Å². The minimum atomic E-state index is -1.21. The van der Waals surface area contributed by atoms with Crippen molar-refractivity contribution in [1.29, 1.82) is 0 Å². The van der Waals surface area contributed by atoms with Crippen molar-refractivity contribution in [3.05, 3.63) is 76.3 Å². The van der Waals surface area contributed by atoms with Crippen molar-refractivity contribution >= 4 is 16.9 Å². The Labute approximate surface area is 120 Å². The number of hydrogen-bond acceptors (Lipinski definition) is 3. The van der Waals surface area contributed by atoms with Gasteiger partial charge in [-0.05, 0) is 29.8 Å². The first-order chi connectivity index (χ1) is 10.2. The second kappa shape index (κ2) is 5.20. The Hall–Kier alpha value is -2.95. The van der Waals surface area contributed by atoms with Gasteiger partial charge in [0.25, 0.3) is 5.56 Å². The van der Waals surface area contributed by atoms with Crippen LogP contribution >= 0.6 is 0 Å². The van der Waals surface area contributed by atoms with Gasteiger partial charge in [-0.3, -0.25) is 9.78 Å². The zero-order valence-corrected chi connectivity index (χ0v) is 11.1. The van der Waals surface area contributed by atoms with E-state index < -0.39 is 11.5 Å². The number of carbonyl (C=O) groups is 1. The van der Waals surface area contributed by atoms with Crippen LogP contribution in [-0.4, -0.2) is 20.6 Å². The summed E-state index contributed by atoms with van der Waals surface area (Å²) >= 11 is 0. The smallest absolute Gasteiger partial charge is 0.341 e. The summed E-state index contributed by atoms with van der Waals surface area (Å²) in [6.45, 7) is 0.309. The van der Waals surface area contributed by atoms with Gasteiger partial charge in [-0.15, -0.1) is 0 Å². The van der Waals surface area contributed by atoms with Crippen LogP contribution in [0.5, 0.6) is 0 Å². The summed E-state index contributed by atoms with van der Waals surface area (Å²) in [6.07, 6.45) is 3.27. The van der Waals surface area contributed by atoms with Crippen molar-refractivity contribution in [3.8, 4) is 0 Å². The fourth-order valence-corrected chi connectivity index (χ4v) is 2.30. The van der Waals surface area contributed by atoms with E-state index in [0.717, 1.165) is 16.5 Å². The standard InChI is InChI=1S/C16H12N2O3/c19-15-13(16(20)21)5-3-9-18(15)10-11-7-8-17-14-6-2-1-4-12(11)14/h1-9H,10H2,(H,20,21). The lowest BCUT2D eigenvalue weighted by molar-refractivity contribution is 0.0694. The molecule has 5 heteroatoms. The molecule has 0 spiro atoms. The molecule has 0 radical (unpaired) electrons. The number of benzene rings is 1. The van der Waals surface area contributed by atoms with Crippen molar-refractivity contribution in [2.45, 2.75) is 6.54 Å². The number of pyridine rings is 2. The van der Waals surface area contributed by atoms with Crippen molar-refractivity contribution in [2.75, 3.05) is 0 Å². The molecule has 3 rings (SSSR count). The monoisotopic (exact) mass is 280 g/mol. The topological polar surface area (TPSA) is 72.2 Å².